The van der Waals surface area contributed by atoms with E-state index in [9.17, 15) is 0 Å². The van der Waals surface area contributed by atoms with Crippen molar-refractivity contribution in [2.75, 3.05) is 0 Å². The molecule has 0 N–H and O–H groups in total. The minimum absolute atomic E-state index is 0.252. The predicted octanol–water partition coefficient (Wildman–Crippen LogP) is 4.02. The molecule has 0 rings (SSSR count). The van der Waals surface area contributed by atoms with Gasteiger partial charge in [-0.05, 0) is 17.3 Å². The maximum Gasteiger partial charge on any atom is -0.00990 e. The van der Waals surface area contributed by atoms with Gasteiger partial charge in [0.25, 0.3) is 0 Å². The van der Waals surface area contributed by atoms with Gasteiger partial charge in [-0.1, -0.05) is 53.7 Å². The zero-order chi connectivity index (χ0) is 9.28. The number of allylic oxidation sites excluding steroid dienone is 1. The van der Waals surface area contributed by atoms with Gasteiger partial charge in [-0.25, -0.2) is 0 Å². The third-order valence-electron chi connectivity index (χ3n) is 3.19. The van der Waals surface area contributed by atoms with Crippen LogP contribution in [0.3, 0.4) is 0 Å². The quantitative estimate of drug-likeness (QED) is 0.527. The van der Waals surface area contributed by atoms with E-state index in [1.165, 1.54) is 5.57 Å². The number of rotatable bonds is 2. The van der Waals surface area contributed by atoms with Gasteiger partial charge >= 0.3 is 0 Å². The van der Waals surface area contributed by atoms with Crippen LogP contribution < -0.4 is 0 Å². The van der Waals surface area contributed by atoms with Crippen LogP contribution in [0, 0.1) is 10.8 Å². The van der Waals surface area contributed by atoms with Crippen molar-refractivity contribution in [1.82, 2.24) is 0 Å². The van der Waals surface area contributed by atoms with Gasteiger partial charge in [0.1, 0.15) is 0 Å². The first-order valence-electron chi connectivity index (χ1n) is 4.41. The van der Waals surface area contributed by atoms with Crippen molar-refractivity contribution in [3.8, 4) is 0 Å². The van der Waals surface area contributed by atoms with Crippen molar-refractivity contribution >= 4 is 0 Å². The molecule has 0 aromatic rings. The van der Waals surface area contributed by atoms with Gasteiger partial charge in [-0.3, -0.25) is 0 Å². The fourth-order valence-electron chi connectivity index (χ4n) is 0.972. The molecule has 0 aromatic heterocycles. The predicted molar refractivity (Wildman–Crippen MR) is 52.7 cm³/mol. The van der Waals surface area contributed by atoms with E-state index in [-0.39, 0.29) is 5.41 Å². The molecule has 0 fully saturated rings. The lowest BCUT2D eigenvalue weighted by atomic mass is 9.65. The maximum absolute atomic E-state index is 4.11. The number of hydrogen-bond donors (Lipinski definition) is 0. The van der Waals surface area contributed by atoms with Gasteiger partial charge < -0.3 is 0 Å². The Morgan fingerprint density at radius 2 is 1.45 bits per heavy atom. The van der Waals surface area contributed by atoms with Gasteiger partial charge in [0, 0.05) is 0 Å². The standard InChI is InChI=1S/C11H22/c1-8-9(2)11(6,7)10(3,4)5/h2,8H2,1,3-7H3. The third-order valence-corrected chi connectivity index (χ3v) is 3.19. The fraction of sp³-hybridized carbons (Fsp3) is 0.818. The van der Waals surface area contributed by atoms with Crippen molar-refractivity contribution in [3.05, 3.63) is 12.2 Å². The summed E-state index contributed by atoms with van der Waals surface area (Å²) in [7, 11) is 0. The SMILES string of the molecule is C=C(CC)C(C)(C)C(C)(C)C. The summed E-state index contributed by atoms with van der Waals surface area (Å²) in [5.74, 6) is 0. The monoisotopic (exact) mass is 154 g/mol. The molecule has 0 bridgehead atoms. The molecule has 0 amide bonds. The van der Waals surface area contributed by atoms with E-state index in [2.05, 4.69) is 48.1 Å². The van der Waals surface area contributed by atoms with E-state index in [0.29, 0.717) is 5.41 Å². The normalized spacial score (nSPS) is 13.3. The highest BCUT2D eigenvalue weighted by molar-refractivity contribution is 5.10. The van der Waals surface area contributed by atoms with E-state index in [1.807, 2.05) is 0 Å². The largest absolute Gasteiger partial charge is 0.0993 e. The molecule has 0 unspecified atom stereocenters. The Labute approximate surface area is 71.7 Å². The molecule has 0 heteroatoms. The van der Waals surface area contributed by atoms with Crippen LogP contribution in [0.4, 0.5) is 0 Å². The Morgan fingerprint density at radius 3 is 1.55 bits per heavy atom. The number of hydrogen-bond acceptors (Lipinski definition) is 0. The molecule has 0 nitrogen and oxygen atoms in total. The molecular weight excluding hydrogens is 132 g/mol. The second kappa shape index (κ2) is 3.00. The summed E-state index contributed by atoms with van der Waals surface area (Å²) < 4.78 is 0. The van der Waals surface area contributed by atoms with Gasteiger partial charge in [-0.15, -0.1) is 0 Å². The first-order chi connectivity index (χ1) is 4.73. The van der Waals surface area contributed by atoms with E-state index >= 15 is 0 Å². The molecule has 0 radical (unpaired) electrons. The molecule has 66 valence electrons. The first kappa shape index (κ1) is 10.7. The summed E-state index contributed by atoms with van der Waals surface area (Å²) in [5, 5.41) is 0. The summed E-state index contributed by atoms with van der Waals surface area (Å²) in [6, 6.07) is 0. The Balaban J connectivity index is 4.59. The van der Waals surface area contributed by atoms with Gasteiger partial charge in [0.05, 0.1) is 0 Å². The summed E-state index contributed by atoms with van der Waals surface area (Å²) in [4.78, 5) is 0. The summed E-state index contributed by atoms with van der Waals surface area (Å²) in [6.07, 6.45) is 1.09. The highest BCUT2D eigenvalue weighted by Gasteiger charge is 2.33. The zero-order valence-corrected chi connectivity index (χ0v) is 8.91. The first-order valence-corrected chi connectivity index (χ1v) is 4.41. The van der Waals surface area contributed by atoms with E-state index in [0.717, 1.165) is 6.42 Å². The molecule has 0 atom stereocenters. The van der Waals surface area contributed by atoms with Crippen molar-refractivity contribution in [3.63, 3.8) is 0 Å². The van der Waals surface area contributed by atoms with Crippen LogP contribution in [0.5, 0.6) is 0 Å². The van der Waals surface area contributed by atoms with Gasteiger partial charge in [0.15, 0.2) is 0 Å². The average molecular weight is 154 g/mol. The molecule has 0 aliphatic heterocycles. The average Bonchev–Trinajstić information content (AvgIpc) is 1.83. The second-order valence-electron chi connectivity index (χ2n) is 4.83. The van der Waals surface area contributed by atoms with Crippen LogP contribution in [0.25, 0.3) is 0 Å². The van der Waals surface area contributed by atoms with Crippen LogP contribution in [0.15, 0.2) is 12.2 Å². The van der Waals surface area contributed by atoms with E-state index in [1.54, 1.807) is 0 Å². The summed E-state index contributed by atoms with van der Waals surface area (Å²) in [6.45, 7) is 17.7. The molecular formula is C11H22. The minimum atomic E-state index is 0.252. The van der Waals surface area contributed by atoms with Crippen LogP contribution >= 0.6 is 0 Å². The van der Waals surface area contributed by atoms with Crippen molar-refractivity contribution in [2.45, 2.75) is 48.0 Å². The lowest BCUT2D eigenvalue weighted by Crippen LogP contribution is -2.30. The Bertz CT molecular complexity index is 144. The molecule has 0 heterocycles. The van der Waals surface area contributed by atoms with E-state index in [4.69, 9.17) is 0 Å². The van der Waals surface area contributed by atoms with Crippen molar-refractivity contribution in [2.24, 2.45) is 10.8 Å². The minimum Gasteiger partial charge on any atom is -0.0993 e. The molecule has 0 aliphatic carbocycles. The zero-order valence-electron chi connectivity index (χ0n) is 8.91. The third kappa shape index (κ3) is 2.08. The Kier molecular flexibility index (Phi) is 2.93. The van der Waals surface area contributed by atoms with Gasteiger partial charge in [-0.2, -0.15) is 0 Å². The smallest absolute Gasteiger partial charge is 0.00990 e. The molecule has 0 spiro atoms. The summed E-state index contributed by atoms with van der Waals surface area (Å²) >= 11 is 0. The molecule has 11 heavy (non-hydrogen) atoms. The van der Waals surface area contributed by atoms with Crippen LogP contribution in [-0.4, -0.2) is 0 Å². The van der Waals surface area contributed by atoms with Crippen molar-refractivity contribution < 1.29 is 0 Å². The lowest BCUT2D eigenvalue weighted by molar-refractivity contribution is 0.174. The fourth-order valence-corrected chi connectivity index (χ4v) is 0.972. The molecule has 0 saturated heterocycles. The molecule has 0 aliphatic rings. The molecule has 0 aromatic carbocycles. The van der Waals surface area contributed by atoms with Crippen LogP contribution in [0.2, 0.25) is 0 Å². The molecule has 0 saturated carbocycles. The summed E-state index contributed by atoms with van der Waals surface area (Å²) in [5.41, 5.74) is 1.92. The van der Waals surface area contributed by atoms with E-state index < -0.39 is 0 Å². The topological polar surface area (TPSA) is 0 Å². The van der Waals surface area contributed by atoms with Gasteiger partial charge in [0.2, 0.25) is 0 Å². The highest BCUT2D eigenvalue weighted by Crippen LogP contribution is 2.44. The Morgan fingerprint density at radius 1 is 1.09 bits per heavy atom. The van der Waals surface area contributed by atoms with Crippen LogP contribution in [0.1, 0.15) is 48.0 Å². The maximum atomic E-state index is 4.11. The second-order valence-corrected chi connectivity index (χ2v) is 4.83. The van der Waals surface area contributed by atoms with Crippen LogP contribution in [-0.2, 0) is 0 Å². The van der Waals surface area contributed by atoms with Crippen molar-refractivity contribution in [1.29, 1.82) is 0 Å². The highest BCUT2D eigenvalue weighted by atomic mass is 14.4. The Hall–Kier alpha value is -0.260. The lowest BCUT2D eigenvalue weighted by Gasteiger charge is -2.40.